The number of aryl methyl sites for hydroxylation is 2. The van der Waals surface area contributed by atoms with Crippen LogP contribution >= 0.6 is 0 Å². The van der Waals surface area contributed by atoms with Crippen LogP contribution in [0.3, 0.4) is 0 Å². The van der Waals surface area contributed by atoms with Crippen molar-refractivity contribution in [2.45, 2.75) is 25.3 Å². The number of nitrogens with zero attached hydrogens (tertiary/aromatic N) is 1. The summed E-state index contributed by atoms with van der Waals surface area (Å²) in [6.45, 7) is 5.97. The van der Waals surface area contributed by atoms with E-state index in [2.05, 4.69) is 29.3 Å². The molecule has 0 fully saturated rings. The second-order valence-corrected chi connectivity index (χ2v) is 7.85. The SMILES string of the molecule is C=C/C(C)=C\C=C/N(C)CC(C=O)(NC(=O)NC)c1ccc(CCc2ccccc2)cc1. The molecule has 168 valence electrons. The molecule has 1 unspecified atom stereocenters. The highest BCUT2D eigenvalue weighted by Gasteiger charge is 2.34. The summed E-state index contributed by atoms with van der Waals surface area (Å²) in [5, 5.41) is 5.39. The van der Waals surface area contributed by atoms with Gasteiger partial charge in [-0.15, -0.1) is 0 Å². The Morgan fingerprint density at radius 3 is 2.25 bits per heavy atom. The van der Waals surface area contributed by atoms with Gasteiger partial charge in [0.25, 0.3) is 0 Å². The van der Waals surface area contributed by atoms with Crippen LogP contribution < -0.4 is 10.6 Å². The lowest BCUT2D eigenvalue weighted by Gasteiger charge is -2.33. The summed E-state index contributed by atoms with van der Waals surface area (Å²) in [4.78, 5) is 26.4. The van der Waals surface area contributed by atoms with E-state index in [1.165, 1.54) is 18.2 Å². The van der Waals surface area contributed by atoms with E-state index >= 15 is 0 Å². The van der Waals surface area contributed by atoms with Crippen molar-refractivity contribution in [1.29, 1.82) is 0 Å². The van der Waals surface area contributed by atoms with Gasteiger partial charge < -0.3 is 20.3 Å². The number of rotatable bonds is 11. The molecule has 0 bridgehead atoms. The average Bonchev–Trinajstić information content (AvgIpc) is 2.83. The molecule has 0 spiro atoms. The van der Waals surface area contributed by atoms with Crippen molar-refractivity contribution in [3.8, 4) is 0 Å². The first kappa shape index (κ1) is 24.7. The zero-order chi connectivity index (χ0) is 23.4. The number of nitrogens with one attached hydrogen (secondary N) is 2. The Balaban J connectivity index is 2.21. The van der Waals surface area contributed by atoms with Gasteiger partial charge in [0, 0.05) is 14.1 Å². The minimum atomic E-state index is -1.19. The molecule has 0 saturated carbocycles. The molecule has 2 N–H and O–H groups in total. The molecule has 5 heteroatoms. The summed E-state index contributed by atoms with van der Waals surface area (Å²) in [7, 11) is 3.40. The van der Waals surface area contributed by atoms with E-state index in [-0.39, 0.29) is 6.54 Å². The Hall–Kier alpha value is -3.60. The molecule has 0 aliphatic heterocycles. The number of likely N-dealkylation sites (N-methyl/N-ethyl adjacent to an activating group) is 1. The minimum absolute atomic E-state index is 0.282. The summed E-state index contributed by atoms with van der Waals surface area (Å²) >= 11 is 0. The maximum Gasteiger partial charge on any atom is 0.315 e. The number of carbonyl (C=O) groups excluding carboxylic acids is 2. The second kappa shape index (κ2) is 12.3. The Kier molecular flexibility index (Phi) is 9.48. The van der Waals surface area contributed by atoms with Crippen LogP contribution in [0.4, 0.5) is 4.79 Å². The molecule has 2 rings (SSSR count). The minimum Gasteiger partial charge on any atom is -0.377 e. The maximum absolute atomic E-state index is 12.3. The third-order valence-electron chi connectivity index (χ3n) is 5.30. The predicted octanol–water partition coefficient (Wildman–Crippen LogP) is 4.37. The van der Waals surface area contributed by atoms with Gasteiger partial charge in [-0.05, 0) is 48.7 Å². The Morgan fingerprint density at radius 2 is 1.69 bits per heavy atom. The molecule has 32 heavy (non-hydrogen) atoms. The zero-order valence-corrected chi connectivity index (χ0v) is 19.2. The van der Waals surface area contributed by atoms with Crippen LogP contribution in [0.2, 0.25) is 0 Å². The molecule has 2 aromatic rings. The van der Waals surface area contributed by atoms with E-state index in [4.69, 9.17) is 0 Å². The first-order chi connectivity index (χ1) is 15.4. The van der Waals surface area contributed by atoms with Gasteiger partial charge in [-0.2, -0.15) is 0 Å². The molecule has 0 radical (unpaired) electrons. The third-order valence-corrected chi connectivity index (χ3v) is 5.30. The third kappa shape index (κ3) is 7.27. The van der Waals surface area contributed by atoms with Crippen LogP contribution in [0.15, 0.2) is 91.2 Å². The molecule has 5 nitrogen and oxygen atoms in total. The standard InChI is InChI=1S/C27H33N3O2/c1-5-22(2)10-9-19-30(4)20-27(21-31,29-26(32)28-3)25-17-15-24(16-18-25)14-13-23-11-7-6-8-12-23/h5-12,15-19,21H,1,13-14,20H2,2-4H3,(H2,28,29,32)/b19-9-,22-10-. The Labute approximate surface area is 191 Å². The van der Waals surface area contributed by atoms with Crippen molar-refractivity contribution in [2.75, 3.05) is 20.6 Å². The number of urea groups is 1. The number of hydrogen-bond acceptors (Lipinski definition) is 3. The van der Waals surface area contributed by atoms with Crippen molar-refractivity contribution in [1.82, 2.24) is 15.5 Å². The van der Waals surface area contributed by atoms with Crippen molar-refractivity contribution in [3.05, 3.63) is 108 Å². The van der Waals surface area contributed by atoms with Gasteiger partial charge in [0.1, 0.15) is 5.54 Å². The predicted molar refractivity (Wildman–Crippen MR) is 131 cm³/mol. The van der Waals surface area contributed by atoms with Crippen LogP contribution in [0.25, 0.3) is 0 Å². The highest BCUT2D eigenvalue weighted by molar-refractivity contribution is 5.81. The normalized spacial score (nSPS) is 13.3. The van der Waals surface area contributed by atoms with E-state index in [9.17, 15) is 9.59 Å². The summed E-state index contributed by atoms with van der Waals surface area (Å²) in [5.41, 5.74) is 3.04. The molecule has 2 aromatic carbocycles. The van der Waals surface area contributed by atoms with Gasteiger partial charge in [0.15, 0.2) is 6.29 Å². The molecule has 0 aliphatic carbocycles. The summed E-state index contributed by atoms with van der Waals surface area (Å²) in [6, 6.07) is 17.8. The van der Waals surface area contributed by atoms with Gasteiger partial charge in [0.05, 0.1) is 6.54 Å². The summed E-state index contributed by atoms with van der Waals surface area (Å²) in [6.07, 6.45) is 10.1. The molecule has 0 heterocycles. The monoisotopic (exact) mass is 431 g/mol. The smallest absolute Gasteiger partial charge is 0.315 e. The average molecular weight is 432 g/mol. The fourth-order valence-corrected chi connectivity index (χ4v) is 3.36. The molecular weight excluding hydrogens is 398 g/mol. The van der Waals surface area contributed by atoms with Gasteiger partial charge in [0.2, 0.25) is 0 Å². The highest BCUT2D eigenvalue weighted by Crippen LogP contribution is 2.22. The second-order valence-electron chi connectivity index (χ2n) is 7.85. The van der Waals surface area contributed by atoms with E-state index < -0.39 is 11.6 Å². The first-order valence-corrected chi connectivity index (χ1v) is 10.7. The van der Waals surface area contributed by atoms with E-state index in [1.54, 1.807) is 6.08 Å². The van der Waals surface area contributed by atoms with Crippen molar-refractivity contribution >= 4 is 12.3 Å². The lowest BCUT2D eigenvalue weighted by Crippen LogP contribution is -2.55. The van der Waals surface area contributed by atoms with Crippen LogP contribution in [0.5, 0.6) is 0 Å². The Morgan fingerprint density at radius 1 is 1.06 bits per heavy atom. The highest BCUT2D eigenvalue weighted by atomic mass is 16.2. The number of benzene rings is 2. The quantitative estimate of drug-likeness (QED) is 0.410. The first-order valence-electron chi connectivity index (χ1n) is 10.7. The number of amides is 2. The number of carbonyl (C=O) groups is 2. The lowest BCUT2D eigenvalue weighted by atomic mass is 9.89. The fraction of sp³-hybridized carbons (Fsp3) is 0.259. The van der Waals surface area contributed by atoms with E-state index in [1.807, 2.05) is 79.7 Å². The zero-order valence-electron chi connectivity index (χ0n) is 19.2. The number of hydrogen-bond donors (Lipinski definition) is 2. The van der Waals surface area contributed by atoms with E-state index in [0.29, 0.717) is 0 Å². The Bertz CT molecular complexity index is 949. The van der Waals surface area contributed by atoms with Gasteiger partial charge in [-0.25, -0.2) is 4.79 Å². The van der Waals surface area contributed by atoms with Crippen molar-refractivity contribution in [3.63, 3.8) is 0 Å². The van der Waals surface area contributed by atoms with Crippen molar-refractivity contribution < 1.29 is 9.59 Å². The summed E-state index contributed by atoms with van der Waals surface area (Å²) < 4.78 is 0. The topological polar surface area (TPSA) is 61.4 Å². The summed E-state index contributed by atoms with van der Waals surface area (Å²) in [5.74, 6) is 0. The molecule has 1 atom stereocenters. The molecule has 0 aliphatic rings. The number of aldehydes is 1. The van der Waals surface area contributed by atoms with Crippen LogP contribution in [0, 0.1) is 0 Å². The van der Waals surface area contributed by atoms with Crippen LogP contribution in [0.1, 0.15) is 23.6 Å². The van der Waals surface area contributed by atoms with Crippen LogP contribution in [-0.2, 0) is 23.2 Å². The van der Waals surface area contributed by atoms with Gasteiger partial charge in [-0.1, -0.05) is 78.9 Å². The molecule has 2 amide bonds. The van der Waals surface area contributed by atoms with Crippen LogP contribution in [-0.4, -0.2) is 37.9 Å². The molecule has 0 aromatic heterocycles. The lowest BCUT2D eigenvalue weighted by molar-refractivity contribution is -0.113. The largest absolute Gasteiger partial charge is 0.377 e. The molecule has 0 saturated heterocycles. The number of allylic oxidation sites excluding steroid dienone is 4. The molecular formula is C27H33N3O2. The van der Waals surface area contributed by atoms with E-state index in [0.717, 1.165) is 30.3 Å². The van der Waals surface area contributed by atoms with Crippen molar-refractivity contribution in [2.24, 2.45) is 0 Å². The van der Waals surface area contributed by atoms with Gasteiger partial charge in [-0.3, -0.25) is 0 Å². The van der Waals surface area contributed by atoms with Gasteiger partial charge >= 0.3 is 6.03 Å². The maximum atomic E-state index is 12.3. The fourth-order valence-electron chi connectivity index (χ4n) is 3.36.